The second kappa shape index (κ2) is 7.89. The van der Waals surface area contributed by atoms with Crippen LogP contribution in [0.25, 0.3) is 0 Å². The number of nitrogens with zero attached hydrogens (tertiary/aromatic N) is 4. The van der Waals surface area contributed by atoms with E-state index in [2.05, 4.69) is 19.8 Å². The second-order valence-corrected chi connectivity index (χ2v) is 8.06. The number of piperidine rings is 1. The number of aromatic nitrogens is 2. The molecule has 0 spiro atoms. The van der Waals surface area contributed by atoms with Crippen molar-refractivity contribution in [1.82, 2.24) is 19.8 Å². The molecule has 1 aliphatic heterocycles. The summed E-state index contributed by atoms with van der Waals surface area (Å²) in [7, 11) is 4.05. The van der Waals surface area contributed by atoms with Gasteiger partial charge in [-0.25, -0.2) is 9.97 Å². The van der Waals surface area contributed by atoms with Crippen LogP contribution in [0.3, 0.4) is 0 Å². The lowest BCUT2D eigenvalue weighted by molar-refractivity contribution is -0.0480. The van der Waals surface area contributed by atoms with E-state index in [1.165, 1.54) is 32.1 Å². The molecule has 1 aromatic heterocycles. The highest BCUT2D eigenvalue weighted by Crippen LogP contribution is 2.30. The highest BCUT2D eigenvalue weighted by Gasteiger charge is 2.33. The molecular weight excluding hydrogens is 300 g/mol. The molecule has 5 heteroatoms. The number of hydrogen-bond acceptors (Lipinski definition) is 5. The summed E-state index contributed by atoms with van der Waals surface area (Å²) in [4.78, 5) is 13.7. The smallest absolute Gasteiger partial charge is 0.131 e. The summed E-state index contributed by atoms with van der Waals surface area (Å²) in [6.07, 6.45) is 12.4. The Morgan fingerprint density at radius 2 is 1.88 bits per heavy atom. The van der Waals surface area contributed by atoms with Gasteiger partial charge < -0.3 is 10.0 Å². The molecule has 0 aromatic carbocycles. The molecule has 2 heterocycles. The van der Waals surface area contributed by atoms with Gasteiger partial charge in [-0.3, -0.25) is 4.90 Å². The van der Waals surface area contributed by atoms with Crippen LogP contribution in [0, 0.1) is 0 Å². The van der Waals surface area contributed by atoms with E-state index in [1.54, 1.807) is 0 Å². The molecule has 0 bridgehead atoms. The summed E-state index contributed by atoms with van der Waals surface area (Å²) < 4.78 is 0. The Morgan fingerprint density at radius 3 is 2.54 bits per heavy atom. The van der Waals surface area contributed by atoms with Gasteiger partial charge in [-0.05, 0) is 46.3 Å². The van der Waals surface area contributed by atoms with Crippen LogP contribution in [-0.2, 0) is 6.54 Å². The molecule has 1 N–H and O–H groups in total. The minimum absolute atomic E-state index is 0.563. The number of likely N-dealkylation sites (N-methyl/N-ethyl adjacent to an activating group) is 1. The lowest BCUT2D eigenvalue weighted by atomic mass is 9.89. The van der Waals surface area contributed by atoms with E-state index < -0.39 is 5.60 Å². The first-order chi connectivity index (χ1) is 11.5. The molecule has 2 fully saturated rings. The lowest BCUT2D eigenvalue weighted by Gasteiger charge is -2.40. The first-order valence-electron chi connectivity index (χ1n) is 9.44. The van der Waals surface area contributed by atoms with Gasteiger partial charge in [0, 0.05) is 43.5 Å². The third-order valence-electron chi connectivity index (χ3n) is 5.35. The molecule has 2 aliphatic rings. The van der Waals surface area contributed by atoms with E-state index in [4.69, 9.17) is 0 Å². The quantitative estimate of drug-likeness (QED) is 0.897. The summed E-state index contributed by atoms with van der Waals surface area (Å²) >= 11 is 0. The Balaban J connectivity index is 1.57. The van der Waals surface area contributed by atoms with Crippen molar-refractivity contribution >= 4 is 0 Å². The van der Waals surface area contributed by atoms with Crippen molar-refractivity contribution < 1.29 is 5.11 Å². The average molecular weight is 332 g/mol. The fraction of sp³-hybridized carbons (Fsp3) is 0.789. The Labute approximate surface area is 146 Å². The number of rotatable bonds is 5. The molecule has 5 nitrogen and oxygen atoms in total. The van der Waals surface area contributed by atoms with Crippen molar-refractivity contribution in [2.24, 2.45) is 0 Å². The van der Waals surface area contributed by atoms with Gasteiger partial charge in [0.05, 0.1) is 5.60 Å². The highest BCUT2D eigenvalue weighted by molar-refractivity contribution is 5.08. The Hall–Kier alpha value is -1.04. The zero-order valence-corrected chi connectivity index (χ0v) is 15.2. The van der Waals surface area contributed by atoms with Crippen molar-refractivity contribution in [3.05, 3.63) is 23.8 Å². The van der Waals surface area contributed by atoms with Crippen LogP contribution >= 0.6 is 0 Å². The number of likely N-dealkylation sites (tertiary alicyclic amines) is 1. The number of aliphatic hydroxyl groups is 1. The first kappa shape index (κ1) is 17.8. The Kier molecular flexibility index (Phi) is 5.85. The molecule has 1 aromatic rings. The zero-order chi connectivity index (χ0) is 17.0. The summed E-state index contributed by atoms with van der Waals surface area (Å²) in [5.41, 5.74) is 0.564. The molecule has 1 atom stereocenters. The van der Waals surface area contributed by atoms with E-state index in [9.17, 15) is 5.11 Å². The van der Waals surface area contributed by atoms with E-state index in [1.807, 2.05) is 26.5 Å². The van der Waals surface area contributed by atoms with Crippen LogP contribution in [0.5, 0.6) is 0 Å². The van der Waals surface area contributed by atoms with Gasteiger partial charge in [-0.15, -0.1) is 0 Å². The van der Waals surface area contributed by atoms with Crippen LogP contribution < -0.4 is 0 Å². The average Bonchev–Trinajstić information content (AvgIpc) is 2.55. The predicted molar refractivity (Wildman–Crippen MR) is 95.9 cm³/mol. The van der Waals surface area contributed by atoms with E-state index in [-0.39, 0.29) is 0 Å². The maximum Gasteiger partial charge on any atom is 0.131 e. The normalized spacial score (nSPS) is 26.8. The van der Waals surface area contributed by atoms with Crippen LogP contribution in [0.15, 0.2) is 12.4 Å². The summed E-state index contributed by atoms with van der Waals surface area (Å²) in [5, 5.41) is 10.8. The number of β-amino-alcohol motifs (C(OH)–C–C–N with tert-alkyl or cyclic N) is 1. The lowest BCUT2D eigenvalue weighted by Crippen LogP contribution is -2.52. The van der Waals surface area contributed by atoms with Gasteiger partial charge in [-0.2, -0.15) is 0 Å². The number of hydrogen-bond donors (Lipinski definition) is 1. The minimum Gasteiger partial charge on any atom is -0.387 e. The minimum atomic E-state index is -0.593. The van der Waals surface area contributed by atoms with Gasteiger partial charge in [0.1, 0.15) is 5.82 Å². The third kappa shape index (κ3) is 4.74. The monoisotopic (exact) mass is 332 g/mol. The molecule has 3 rings (SSSR count). The summed E-state index contributed by atoms with van der Waals surface area (Å²) in [5.74, 6) is 1.59. The maximum absolute atomic E-state index is 10.8. The third-order valence-corrected chi connectivity index (χ3v) is 5.35. The Bertz CT molecular complexity index is 513. The van der Waals surface area contributed by atoms with Gasteiger partial charge in [-0.1, -0.05) is 19.3 Å². The van der Waals surface area contributed by atoms with Crippen molar-refractivity contribution in [2.45, 2.75) is 63.0 Å². The fourth-order valence-corrected chi connectivity index (χ4v) is 4.33. The van der Waals surface area contributed by atoms with Gasteiger partial charge in [0.25, 0.3) is 0 Å². The van der Waals surface area contributed by atoms with Crippen molar-refractivity contribution in [3.8, 4) is 0 Å². The van der Waals surface area contributed by atoms with Crippen LogP contribution in [0.4, 0.5) is 0 Å². The largest absolute Gasteiger partial charge is 0.387 e. The molecule has 24 heavy (non-hydrogen) atoms. The standard InChI is InChI=1S/C19H32N4O/c1-22(2)14-19(24)9-6-10-23(15-19)13-16-11-20-18(21-12-16)17-7-4-3-5-8-17/h11-12,17,24H,3-10,13-15H2,1-2H3/t19-/m1/s1. The van der Waals surface area contributed by atoms with Crippen LogP contribution in [0.1, 0.15) is 62.3 Å². The second-order valence-electron chi connectivity index (χ2n) is 8.06. The molecule has 1 saturated heterocycles. The summed E-state index contributed by atoms with van der Waals surface area (Å²) in [6.45, 7) is 3.33. The van der Waals surface area contributed by atoms with Crippen molar-refractivity contribution in [2.75, 3.05) is 33.7 Å². The molecule has 1 aliphatic carbocycles. The first-order valence-corrected chi connectivity index (χ1v) is 9.44. The van der Waals surface area contributed by atoms with E-state index in [0.717, 1.165) is 50.4 Å². The molecule has 0 amide bonds. The summed E-state index contributed by atoms with van der Waals surface area (Å²) in [6, 6.07) is 0. The van der Waals surface area contributed by atoms with E-state index >= 15 is 0 Å². The van der Waals surface area contributed by atoms with Crippen LogP contribution in [-0.4, -0.2) is 64.2 Å². The predicted octanol–water partition coefficient (Wildman–Crippen LogP) is 2.41. The van der Waals surface area contributed by atoms with Crippen molar-refractivity contribution in [1.29, 1.82) is 0 Å². The van der Waals surface area contributed by atoms with Gasteiger partial charge in [0.2, 0.25) is 0 Å². The van der Waals surface area contributed by atoms with E-state index in [0.29, 0.717) is 5.92 Å². The molecule has 0 radical (unpaired) electrons. The highest BCUT2D eigenvalue weighted by atomic mass is 16.3. The van der Waals surface area contributed by atoms with Crippen LogP contribution in [0.2, 0.25) is 0 Å². The molecule has 134 valence electrons. The molecular formula is C19H32N4O. The Morgan fingerprint density at radius 1 is 1.17 bits per heavy atom. The van der Waals surface area contributed by atoms with Gasteiger partial charge in [0.15, 0.2) is 0 Å². The zero-order valence-electron chi connectivity index (χ0n) is 15.2. The fourth-order valence-electron chi connectivity index (χ4n) is 4.33. The topological polar surface area (TPSA) is 52.5 Å². The van der Waals surface area contributed by atoms with Gasteiger partial charge >= 0.3 is 0 Å². The SMILES string of the molecule is CN(C)C[C@]1(O)CCCN(Cc2cnc(C3CCCCC3)nc2)C1. The molecule has 0 unspecified atom stereocenters. The molecule has 1 saturated carbocycles. The maximum atomic E-state index is 10.8. The van der Waals surface area contributed by atoms with Crippen molar-refractivity contribution in [3.63, 3.8) is 0 Å².